The highest BCUT2D eigenvalue weighted by Crippen LogP contribution is 2.43. The SMILES string of the molecule is Fc1ccc(Br)c(F)c1CC1Cc2ccccc2C1Cl. The molecule has 2 atom stereocenters. The van der Waals surface area contributed by atoms with Crippen LogP contribution in [0, 0.1) is 17.6 Å². The van der Waals surface area contributed by atoms with Gasteiger partial charge in [-0.1, -0.05) is 24.3 Å². The zero-order valence-corrected chi connectivity index (χ0v) is 12.9. The molecule has 3 rings (SSSR count). The molecule has 2 aromatic rings. The monoisotopic (exact) mass is 356 g/mol. The molecule has 0 fully saturated rings. The van der Waals surface area contributed by atoms with Gasteiger partial charge in [-0.05, 0) is 57.9 Å². The van der Waals surface area contributed by atoms with Gasteiger partial charge in [0, 0.05) is 5.56 Å². The van der Waals surface area contributed by atoms with Crippen LogP contribution < -0.4 is 0 Å². The number of hydrogen-bond donors (Lipinski definition) is 0. The first-order valence-electron chi connectivity index (χ1n) is 6.42. The lowest BCUT2D eigenvalue weighted by atomic mass is 9.95. The Hall–Kier alpha value is -0.930. The zero-order chi connectivity index (χ0) is 14.3. The lowest BCUT2D eigenvalue weighted by molar-refractivity contribution is 0.487. The van der Waals surface area contributed by atoms with Crippen LogP contribution in [0.25, 0.3) is 0 Å². The highest BCUT2D eigenvalue weighted by Gasteiger charge is 2.32. The van der Waals surface area contributed by atoms with E-state index in [0.717, 1.165) is 12.0 Å². The molecule has 0 spiro atoms. The fourth-order valence-corrected chi connectivity index (χ4v) is 3.59. The minimum Gasteiger partial charge on any atom is -0.207 e. The molecule has 20 heavy (non-hydrogen) atoms. The third kappa shape index (κ3) is 2.38. The van der Waals surface area contributed by atoms with Crippen molar-refractivity contribution in [3.05, 3.63) is 69.2 Å². The summed E-state index contributed by atoms with van der Waals surface area (Å²) in [6.07, 6.45) is 1.07. The Morgan fingerprint density at radius 3 is 2.65 bits per heavy atom. The summed E-state index contributed by atoms with van der Waals surface area (Å²) in [4.78, 5) is 0. The van der Waals surface area contributed by atoms with E-state index in [-0.39, 0.29) is 21.3 Å². The molecule has 0 aromatic heterocycles. The van der Waals surface area contributed by atoms with Gasteiger partial charge >= 0.3 is 0 Å². The van der Waals surface area contributed by atoms with Crippen molar-refractivity contribution in [2.75, 3.05) is 0 Å². The Morgan fingerprint density at radius 2 is 1.90 bits per heavy atom. The Morgan fingerprint density at radius 1 is 1.15 bits per heavy atom. The van der Waals surface area contributed by atoms with Crippen LogP contribution in [0.5, 0.6) is 0 Å². The summed E-state index contributed by atoms with van der Waals surface area (Å²) in [5, 5.41) is -0.191. The second-order valence-electron chi connectivity index (χ2n) is 5.09. The van der Waals surface area contributed by atoms with Crippen molar-refractivity contribution >= 4 is 27.5 Å². The Bertz CT molecular complexity index is 657. The summed E-state index contributed by atoms with van der Waals surface area (Å²) >= 11 is 9.54. The maximum absolute atomic E-state index is 14.0. The largest absolute Gasteiger partial charge is 0.207 e. The molecular weight excluding hydrogens is 346 g/mol. The van der Waals surface area contributed by atoms with Crippen molar-refractivity contribution in [3.63, 3.8) is 0 Å². The van der Waals surface area contributed by atoms with E-state index < -0.39 is 11.6 Å². The van der Waals surface area contributed by atoms with E-state index in [0.29, 0.717) is 6.42 Å². The lowest BCUT2D eigenvalue weighted by Gasteiger charge is -2.15. The molecule has 0 saturated heterocycles. The molecule has 0 nitrogen and oxygen atoms in total. The number of halogens is 4. The summed E-state index contributed by atoms with van der Waals surface area (Å²) in [7, 11) is 0. The molecule has 2 unspecified atom stereocenters. The fourth-order valence-electron chi connectivity index (χ4n) is 2.82. The van der Waals surface area contributed by atoms with Crippen LogP contribution in [-0.2, 0) is 12.8 Å². The Kier molecular flexibility index (Phi) is 3.83. The molecule has 0 saturated carbocycles. The van der Waals surface area contributed by atoms with Gasteiger partial charge in [0.2, 0.25) is 0 Å². The van der Waals surface area contributed by atoms with Gasteiger partial charge in [0.05, 0.1) is 9.85 Å². The predicted octanol–water partition coefficient (Wildman–Crippen LogP) is 5.42. The number of rotatable bonds is 2. The molecule has 0 amide bonds. The highest BCUT2D eigenvalue weighted by molar-refractivity contribution is 9.10. The van der Waals surface area contributed by atoms with E-state index in [4.69, 9.17) is 11.6 Å². The summed E-state index contributed by atoms with van der Waals surface area (Å²) < 4.78 is 28.2. The standard InChI is InChI=1S/C16H12BrClF2/c17-13-5-6-14(19)12(16(13)20)8-10-7-9-3-1-2-4-11(9)15(10)18/h1-6,10,15H,7-8H2. The molecule has 0 heterocycles. The second kappa shape index (κ2) is 5.45. The molecule has 4 heteroatoms. The third-order valence-corrected chi connectivity index (χ3v) is 5.06. The van der Waals surface area contributed by atoms with Crippen molar-refractivity contribution in [3.8, 4) is 0 Å². The van der Waals surface area contributed by atoms with E-state index in [2.05, 4.69) is 15.9 Å². The van der Waals surface area contributed by atoms with E-state index >= 15 is 0 Å². The van der Waals surface area contributed by atoms with Crippen molar-refractivity contribution < 1.29 is 8.78 Å². The number of fused-ring (bicyclic) bond motifs is 1. The van der Waals surface area contributed by atoms with Gasteiger partial charge < -0.3 is 0 Å². The predicted molar refractivity (Wildman–Crippen MR) is 80.0 cm³/mol. The second-order valence-corrected chi connectivity index (χ2v) is 6.42. The first kappa shape index (κ1) is 14.0. The topological polar surface area (TPSA) is 0 Å². The van der Waals surface area contributed by atoms with Crippen LogP contribution >= 0.6 is 27.5 Å². The van der Waals surface area contributed by atoms with Crippen LogP contribution in [0.15, 0.2) is 40.9 Å². The molecule has 1 aliphatic rings. The van der Waals surface area contributed by atoms with Crippen molar-refractivity contribution in [1.82, 2.24) is 0 Å². The third-order valence-electron chi connectivity index (χ3n) is 3.85. The zero-order valence-electron chi connectivity index (χ0n) is 10.5. The molecule has 2 aromatic carbocycles. The highest BCUT2D eigenvalue weighted by atomic mass is 79.9. The molecule has 0 aliphatic heterocycles. The summed E-state index contributed by atoms with van der Waals surface area (Å²) in [6, 6.07) is 10.6. The van der Waals surface area contributed by atoms with Gasteiger partial charge in [-0.25, -0.2) is 8.78 Å². The lowest BCUT2D eigenvalue weighted by Crippen LogP contribution is -2.10. The minimum atomic E-state index is -0.523. The Labute approximate surface area is 129 Å². The van der Waals surface area contributed by atoms with Crippen LogP contribution in [0.4, 0.5) is 8.78 Å². The first-order chi connectivity index (χ1) is 9.58. The van der Waals surface area contributed by atoms with E-state index in [1.165, 1.54) is 17.7 Å². The van der Waals surface area contributed by atoms with Gasteiger partial charge in [-0.15, -0.1) is 11.6 Å². The molecule has 1 aliphatic carbocycles. The molecule has 104 valence electrons. The van der Waals surface area contributed by atoms with E-state index in [1.807, 2.05) is 24.3 Å². The summed E-state index contributed by atoms with van der Waals surface area (Å²) in [5.74, 6) is -1.01. The normalized spacial score (nSPS) is 21.0. The molecular formula is C16H12BrClF2. The fraction of sp³-hybridized carbons (Fsp3) is 0.250. The van der Waals surface area contributed by atoms with Crippen molar-refractivity contribution in [2.45, 2.75) is 18.2 Å². The van der Waals surface area contributed by atoms with E-state index in [9.17, 15) is 8.78 Å². The molecule has 0 N–H and O–H groups in total. The van der Waals surface area contributed by atoms with Crippen molar-refractivity contribution in [2.24, 2.45) is 5.92 Å². The average Bonchev–Trinajstić information content (AvgIpc) is 2.76. The van der Waals surface area contributed by atoms with Crippen molar-refractivity contribution in [1.29, 1.82) is 0 Å². The van der Waals surface area contributed by atoms with Gasteiger partial charge in [0.1, 0.15) is 11.6 Å². The number of hydrogen-bond acceptors (Lipinski definition) is 0. The maximum Gasteiger partial charge on any atom is 0.143 e. The van der Waals surface area contributed by atoms with E-state index in [1.54, 1.807) is 0 Å². The quantitative estimate of drug-likeness (QED) is 0.497. The van der Waals surface area contributed by atoms with Gasteiger partial charge in [-0.2, -0.15) is 0 Å². The van der Waals surface area contributed by atoms with Gasteiger partial charge in [0.15, 0.2) is 0 Å². The van der Waals surface area contributed by atoms with Crippen LogP contribution in [0.2, 0.25) is 0 Å². The number of alkyl halides is 1. The van der Waals surface area contributed by atoms with Crippen LogP contribution in [0.1, 0.15) is 22.1 Å². The first-order valence-corrected chi connectivity index (χ1v) is 7.65. The van der Waals surface area contributed by atoms with Crippen LogP contribution in [-0.4, -0.2) is 0 Å². The molecule has 0 radical (unpaired) electrons. The number of benzene rings is 2. The summed E-state index contributed by atoms with van der Waals surface area (Å²) in [5.41, 5.74) is 2.37. The van der Waals surface area contributed by atoms with Gasteiger partial charge in [-0.3, -0.25) is 0 Å². The molecule has 0 bridgehead atoms. The minimum absolute atomic E-state index is 0.0207. The maximum atomic E-state index is 14.0. The smallest absolute Gasteiger partial charge is 0.143 e. The Balaban J connectivity index is 1.90. The average molecular weight is 358 g/mol. The van der Waals surface area contributed by atoms with Crippen LogP contribution in [0.3, 0.4) is 0 Å². The van der Waals surface area contributed by atoms with Gasteiger partial charge in [0.25, 0.3) is 0 Å². The summed E-state index contributed by atoms with van der Waals surface area (Å²) in [6.45, 7) is 0.